The second kappa shape index (κ2) is 9.69. The maximum absolute atomic E-state index is 12.7. The average Bonchev–Trinajstić information content (AvgIpc) is 3.34. The SMILES string of the molecule is Cn1cnc2c1c(=O)n(CCOC(=O)c1ccc[n+]([C@@H]3O[C@H](OP(C)(=O)[O-])[C@@H](O)[C@H]3O)c1)c(=O)n2C. The summed E-state index contributed by atoms with van der Waals surface area (Å²) in [6, 6.07) is 2.86. The van der Waals surface area contributed by atoms with Crippen LogP contribution in [-0.4, -0.2) is 66.6 Å². The molecule has 0 spiro atoms. The minimum atomic E-state index is -4.27. The zero-order valence-corrected chi connectivity index (χ0v) is 20.3. The number of aromatic nitrogens is 5. The van der Waals surface area contributed by atoms with Crippen molar-refractivity contribution in [3.05, 3.63) is 57.3 Å². The number of fused-ring (bicyclic) bond motifs is 1. The van der Waals surface area contributed by atoms with E-state index in [0.29, 0.717) is 0 Å². The summed E-state index contributed by atoms with van der Waals surface area (Å²) in [5.74, 6) is -0.797. The summed E-state index contributed by atoms with van der Waals surface area (Å²) in [7, 11) is -1.17. The Morgan fingerprint density at radius 1 is 1.31 bits per heavy atom. The number of pyridine rings is 1. The molecular formula is C20H24N5O10P. The Kier molecular flexibility index (Phi) is 6.96. The topological polar surface area (TPSA) is 191 Å². The number of aliphatic hydroxyl groups excluding tert-OH is 2. The lowest BCUT2D eigenvalue weighted by molar-refractivity contribution is -0.767. The van der Waals surface area contributed by atoms with Crippen LogP contribution < -0.4 is 20.7 Å². The zero-order valence-electron chi connectivity index (χ0n) is 19.5. The van der Waals surface area contributed by atoms with Gasteiger partial charge in [0.15, 0.2) is 36.0 Å². The molecular weight excluding hydrogens is 501 g/mol. The number of esters is 1. The molecule has 3 aromatic rings. The zero-order chi connectivity index (χ0) is 26.4. The van der Waals surface area contributed by atoms with Crippen molar-refractivity contribution < 1.29 is 43.0 Å². The quantitative estimate of drug-likeness (QED) is 0.186. The Morgan fingerprint density at radius 3 is 2.72 bits per heavy atom. The van der Waals surface area contributed by atoms with Crippen molar-refractivity contribution in [2.75, 3.05) is 13.3 Å². The molecule has 0 amide bonds. The maximum Gasteiger partial charge on any atom is 0.344 e. The fourth-order valence-electron chi connectivity index (χ4n) is 3.83. The molecule has 2 N–H and O–H groups in total. The minimum Gasteiger partial charge on any atom is -0.779 e. The molecule has 5 atom stereocenters. The van der Waals surface area contributed by atoms with Crippen LogP contribution in [0.2, 0.25) is 0 Å². The number of hydrogen-bond donors (Lipinski definition) is 2. The number of carbonyl (C=O) groups excluding carboxylic acids is 1. The fraction of sp³-hybridized carbons (Fsp3) is 0.450. The van der Waals surface area contributed by atoms with E-state index in [-0.39, 0.29) is 29.9 Å². The summed E-state index contributed by atoms with van der Waals surface area (Å²) in [5, 5.41) is 20.3. The summed E-state index contributed by atoms with van der Waals surface area (Å²) in [5.41, 5.74) is -0.694. The van der Waals surface area contributed by atoms with E-state index >= 15 is 0 Å². The van der Waals surface area contributed by atoms with Gasteiger partial charge in [-0.1, -0.05) is 0 Å². The van der Waals surface area contributed by atoms with Crippen molar-refractivity contribution in [2.24, 2.45) is 14.1 Å². The third-order valence-corrected chi connectivity index (χ3v) is 6.18. The van der Waals surface area contributed by atoms with Crippen molar-refractivity contribution in [3.8, 4) is 0 Å². The Morgan fingerprint density at radius 2 is 2.03 bits per heavy atom. The molecule has 1 aliphatic rings. The number of nitrogens with zero attached hydrogens (tertiary/aromatic N) is 5. The third kappa shape index (κ3) is 4.89. The van der Waals surface area contributed by atoms with Crippen LogP contribution >= 0.6 is 7.60 Å². The summed E-state index contributed by atoms with van der Waals surface area (Å²) < 4.78 is 31.5. The largest absolute Gasteiger partial charge is 0.779 e. The molecule has 3 aromatic heterocycles. The van der Waals surface area contributed by atoms with Gasteiger partial charge < -0.3 is 33.5 Å². The highest BCUT2D eigenvalue weighted by Crippen LogP contribution is 2.39. The van der Waals surface area contributed by atoms with Crippen molar-refractivity contribution in [2.45, 2.75) is 31.3 Å². The van der Waals surface area contributed by atoms with E-state index in [1.165, 1.54) is 51.6 Å². The van der Waals surface area contributed by atoms with Gasteiger partial charge in [-0.2, -0.15) is 4.57 Å². The fourth-order valence-corrected chi connectivity index (χ4v) is 4.38. The van der Waals surface area contributed by atoms with Crippen LogP contribution in [0.25, 0.3) is 11.2 Å². The Labute approximate surface area is 202 Å². The van der Waals surface area contributed by atoms with E-state index in [0.717, 1.165) is 11.2 Å². The van der Waals surface area contributed by atoms with E-state index in [1.807, 2.05) is 0 Å². The molecule has 0 saturated carbocycles. The van der Waals surface area contributed by atoms with Gasteiger partial charge in [0, 0.05) is 26.8 Å². The van der Waals surface area contributed by atoms with Crippen molar-refractivity contribution >= 4 is 24.7 Å². The molecule has 36 heavy (non-hydrogen) atoms. The second-order valence-corrected chi connectivity index (χ2v) is 10.0. The number of aryl methyl sites for hydroxylation is 2. The standard InChI is InChI=1S/C20H24N5O10P/c1-22-10-21-15-12(22)16(28)25(20(30)23(15)2)7-8-33-18(29)11-5-4-6-24(9-11)17-13(26)14(27)19(34-17)35-36(3,31)32/h4-6,9-10,13-14,17,19,26-27H,7-8H2,1-3H3/t13-,14+,17-,19-/m1/s1. The lowest BCUT2D eigenvalue weighted by Crippen LogP contribution is -2.46. The van der Waals surface area contributed by atoms with Gasteiger partial charge >= 0.3 is 11.7 Å². The van der Waals surface area contributed by atoms with Crippen LogP contribution in [0.4, 0.5) is 0 Å². The van der Waals surface area contributed by atoms with Gasteiger partial charge in [0.05, 0.1) is 12.9 Å². The van der Waals surface area contributed by atoms with Gasteiger partial charge in [0.1, 0.15) is 25.9 Å². The molecule has 1 fully saturated rings. The van der Waals surface area contributed by atoms with Crippen molar-refractivity contribution in [3.63, 3.8) is 0 Å². The monoisotopic (exact) mass is 525 g/mol. The van der Waals surface area contributed by atoms with Crippen molar-refractivity contribution in [1.82, 2.24) is 18.7 Å². The van der Waals surface area contributed by atoms with Gasteiger partial charge in [-0.25, -0.2) is 14.6 Å². The molecule has 15 nitrogen and oxygen atoms in total. The van der Waals surface area contributed by atoms with Crippen molar-refractivity contribution in [1.29, 1.82) is 0 Å². The van der Waals surface area contributed by atoms with Crippen LogP contribution in [0.15, 0.2) is 40.4 Å². The van der Waals surface area contributed by atoms with Crippen LogP contribution in [0.1, 0.15) is 16.6 Å². The first kappa shape index (κ1) is 25.9. The van der Waals surface area contributed by atoms with Gasteiger partial charge in [0.25, 0.3) is 11.8 Å². The van der Waals surface area contributed by atoms with Gasteiger partial charge in [-0.05, 0) is 6.07 Å². The third-order valence-electron chi connectivity index (χ3n) is 5.59. The highest BCUT2D eigenvalue weighted by Gasteiger charge is 2.50. The van der Waals surface area contributed by atoms with E-state index in [1.54, 1.807) is 7.05 Å². The van der Waals surface area contributed by atoms with E-state index in [9.17, 15) is 34.1 Å². The molecule has 0 bridgehead atoms. The molecule has 4 rings (SSSR count). The molecule has 1 unspecified atom stereocenters. The second-order valence-electron chi connectivity index (χ2n) is 8.25. The molecule has 1 aliphatic heterocycles. The summed E-state index contributed by atoms with van der Waals surface area (Å²) >= 11 is 0. The van der Waals surface area contributed by atoms with Crippen LogP contribution in [0, 0.1) is 0 Å². The molecule has 4 heterocycles. The lowest BCUT2D eigenvalue weighted by atomic mass is 10.2. The van der Waals surface area contributed by atoms with Crippen LogP contribution in [0.3, 0.4) is 0 Å². The number of imidazole rings is 1. The number of carbonyl (C=O) groups is 1. The average molecular weight is 525 g/mol. The number of rotatable bonds is 7. The number of ether oxygens (including phenoxy) is 2. The normalized spacial score (nSPS) is 23.6. The molecule has 0 aromatic carbocycles. The molecule has 0 radical (unpaired) electrons. The van der Waals surface area contributed by atoms with Crippen LogP contribution in [-0.2, 0) is 39.2 Å². The predicted molar refractivity (Wildman–Crippen MR) is 118 cm³/mol. The summed E-state index contributed by atoms with van der Waals surface area (Å²) in [4.78, 5) is 53.3. The first-order valence-electron chi connectivity index (χ1n) is 10.7. The minimum absolute atomic E-state index is 0.0273. The van der Waals surface area contributed by atoms with Gasteiger partial charge in [0.2, 0.25) is 0 Å². The first-order chi connectivity index (χ1) is 16.9. The van der Waals surface area contributed by atoms with Crippen LogP contribution in [0.5, 0.6) is 0 Å². The molecule has 1 saturated heterocycles. The van der Waals surface area contributed by atoms with E-state index < -0.39 is 49.5 Å². The maximum atomic E-state index is 12.7. The smallest absolute Gasteiger partial charge is 0.344 e. The summed E-state index contributed by atoms with van der Waals surface area (Å²) in [6.07, 6.45) is -1.98. The number of hydrogen-bond acceptors (Lipinski definition) is 11. The first-order valence-corrected chi connectivity index (χ1v) is 12.7. The molecule has 194 valence electrons. The Bertz CT molecular complexity index is 1470. The lowest BCUT2D eigenvalue weighted by Gasteiger charge is -2.23. The van der Waals surface area contributed by atoms with E-state index in [2.05, 4.69) is 9.51 Å². The summed E-state index contributed by atoms with van der Waals surface area (Å²) in [6.45, 7) is 0.303. The highest BCUT2D eigenvalue weighted by molar-refractivity contribution is 7.50. The predicted octanol–water partition coefficient (Wildman–Crippen LogP) is -2.65. The highest BCUT2D eigenvalue weighted by atomic mass is 31.2. The van der Waals surface area contributed by atoms with Gasteiger partial charge in [-0.3, -0.25) is 18.7 Å². The van der Waals surface area contributed by atoms with E-state index in [4.69, 9.17) is 9.47 Å². The Balaban J connectivity index is 1.46. The van der Waals surface area contributed by atoms with Gasteiger partial charge in [-0.15, -0.1) is 0 Å². The number of aliphatic hydroxyl groups is 2. The molecule has 0 aliphatic carbocycles. The Hall–Kier alpha value is -3.20. The molecule has 16 heteroatoms.